The molecular weight excluding hydrogens is 306 g/mol. The number of nitriles is 1. The zero-order valence-corrected chi connectivity index (χ0v) is 13.4. The van der Waals surface area contributed by atoms with Crippen LogP contribution in [0.4, 0.5) is 13.6 Å². The highest BCUT2D eigenvalue weighted by atomic mass is 19.3. The van der Waals surface area contributed by atoms with Gasteiger partial charge in [-0.3, -0.25) is 0 Å². The van der Waals surface area contributed by atoms with Gasteiger partial charge in [0.25, 0.3) is 0 Å². The van der Waals surface area contributed by atoms with Crippen LogP contribution in [-0.4, -0.2) is 39.5 Å². The van der Waals surface area contributed by atoms with E-state index >= 15 is 0 Å². The standard InChI is InChI=1S/C15H20F2N4O2/c1-14(2,3)23-13(22)20-7-4-6-15(9-18,10-20)11-5-8-21(19-11)12(16)17/h5,8,12H,4,6-7,10H2,1-3H3. The van der Waals surface area contributed by atoms with Gasteiger partial charge in [0.15, 0.2) is 0 Å². The first-order chi connectivity index (χ1) is 10.7. The molecule has 0 saturated carbocycles. The molecule has 1 aliphatic heterocycles. The van der Waals surface area contributed by atoms with Crippen LogP contribution in [0.3, 0.4) is 0 Å². The van der Waals surface area contributed by atoms with Gasteiger partial charge >= 0.3 is 12.6 Å². The van der Waals surface area contributed by atoms with Crippen LogP contribution in [0, 0.1) is 11.3 Å². The number of carbonyl (C=O) groups is 1. The van der Waals surface area contributed by atoms with Gasteiger partial charge in [-0.05, 0) is 39.7 Å². The van der Waals surface area contributed by atoms with Crippen LogP contribution >= 0.6 is 0 Å². The van der Waals surface area contributed by atoms with Gasteiger partial charge in [0.05, 0.1) is 11.8 Å². The van der Waals surface area contributed by atoms with E-state index in [4.69, 9.17) is 4.74 Å². The number of ether oxygens (including phenoxy) is 1. The van der Waals surface area contributed by atoms with Crippen molar-refractivity contribution in [3.8, 4) is 6.07 Å². The lowest BCUT2D eigenvalue weighted by molar-refractivity contribution is 0.0161. The minimum absolute atomic E-state index is 0.0820. The molecule has 0 aliphatic carbocycles. The molecule has 1 fully saturated rings. The summed E-state index contributed by atoms with van der Waals surface area (Å²) in [7, 11) is 0. The maximum Gasteiger partial charge on any atom is 0.410 e. The first kappa shape index (κ1) is 17.2. The molecule has 1 amide bonds. The molecule has 2 heterocycles. The molecule has 1 saturated heterocycles. The molecule has 1 aliphatic rings. The first-order valence-corrected chi connectivity index (χ1v) is 7.40. The average molecular weight is 326 g/mol. The van der Waals surface area contributed by atoms with Crippen molar-refractivity contribution in [2.75, 3.05) is 13.1 Å². The van der Waals surface area contributed by atoms with Crippen molar-refractivity contribution in [3.63, 3.8) is 0 Å². The lowest BCUT2D eigenvalue weighted by Gasteiger charge is -2.37. The molecular formula is C15H20F2N4O2. The maximum absolute atomic E-state index is 12.7. The maximum atomic E-state index is 12.7. The molecule has 1 unspecified atom stereocenters. The quantitative estimate of drug-likeness (QED) is 0.837. The van der Waals surface area contributed by atoms with Gasteiger partial charge in [0.2, 0.25) is 0 Å². The van der Waals surface area contributed by atoms with Gasteiger partial charge in [0, 0.05) is 19.3 Å². The number of carbonyl (C=O) groups excluding carboxylic acids is 1. The van der Waals surface area contributed by atoms with Crippen LogP contribution in [0.2, 0.25) is 0 Å². The van der Waals surface area contributed by atoms with Crippen LogP contribution in [-0.2, 0) is 10.2 Å². The Morgan fingerprint density at radius 3 is 2.74 bits per heavy atom. The third-order valence-electron chi connectivity index (χ3n) is 3.66. The van der Waals surface area contributed by atoms with Gasteiger partial charge in [0.1, 0.15) is 11.0 Å². The third-order valence-corrected chi connectivity index (χ3v) is 3.66. The van der Waals surface area contributed by atoms with E-state index in [0.717, 1.165) is 6.20 Å². The highest BCUT2D eigenvalue weighted by Crippen LogP contribution is 2.33. The Morgan fingerprint density at radius 1 is 1.52 bits per heavy atom. The first-order valence-electron chi connectivity index (χ1n) is 7.40. The van der Waals surface area contributed by atoms with Crippen LogP contribution in [0.5, 0.6) is 0 Å². The number of halogens is 2. The summed E-state index contributed by atoms with van der Waals surface area (Å²) in [5, 5.41) is 13.4. The zero-order valence-electron chi connectivity index (χ0n) is 13.4. The Hall–Kier alpha value is -2.17. The molecule has 8 heteroatoms. The molecule has 0 spiro atoms. The van der Waals surface area contributed by atoms with Gasteiger partial charge in [-0.1, -0.05) is 0 Å². The van der Waals surface area contributed by atoms with E-state index in [2.05, 4.69) is 11.2 Å². The molecule has 6 nitrogen and oxygen atoms in total. The summed E-state index contributed by atoms with van der Waals surface area (Å²) >= 11 is 0. The zero-order chi connectivity index (χ0) is 17.3. The van der Waals surface area contributed by atoms with Crippen molar-refractivity contribution in [2.45, 2.75) is 51.2 Å². The minimum atomic E-state index is -2.76. The summed E-state index contributed by atoms with van der Waals surface area (Å²) in [4.78, 5) is 13.7. The van der Waals surface area contributed by atoms with E-state index in [9.17, 15) is 18.8 Å². The number of hydrogen-bond donors (Lipinski definition) is 0. The minimum Gasteiger partial charge on any atom is -0.444 e. The number of alkyl halides is 2. The summed E-state index contributed by atoms with van der Waals surface area (Å²) in [5.41, 5.74) is -1.47. The number of hydrogen-bond acceptors (Lipinski definition) is 4. The number of aromatic nitrogens is 2. The summed E-state index contributed by atoms with van der Waals surface area (Å²) in [6, 6.07) is 3.57. The fourth-order valence-electron chi connectivity index (χ4n) is 2.60. The Morgan fingerprint density at radius 2 is 2.22 bits per heavy atom. The summed E-state index contributed by atoms with van der Waals surface area (Å²) < 4.78 is 31.2. The normalized spacial score (nSPS) is 22.0. The Labute approximate surface area is 133 Å². The van der Waals surface area contributed by atoms with E-state index in [1.807, 2.05) is 0 Å². The highest BCUT2D eigenvalue weighted by Gasteiger charge is 2.42. The number of amides is 1. The van der Waals surface area contributed by atoms with Gasteiger partial charge in [-0.15, -0.1) is 0 Å². The van der Waals surface area contributed by atoms with Crippen molar-refractivity contribution in [2.24, 2.45) is 0 Å². The van der Waals surface area contributed by atoms with E-state index in [0.29, 0.717) is 24.1 Å². The van der Waals surface area contributed by atoms with Crippen LogP contribution in [0.1, 0.15) is 45.9 Å². The Kier molecular flexibility index (Phi) is 4.59. The average Bonchev–Trinajstić information content (AvgIpc) is 2.96. The van der Waals surface area contributed by atoms with Crippen molar-refractivity contribution in [3.05, 3.63) is 18.0 Å². The van der Waals surface area contributed by atoms with Crippen molar-refractivity contribution in [1.29, 1.82) is 5.26 Å². The Balaban J connectivity index is 2.22. The predicted octanol–water partition coefficient (Wildman–Crippen LogP) is 3.07. The van der Waals surface area contributed by atoms with E-state index in [-0.39, 0.29) is 12.2 Å². The molecule has 1 atom stereocenters. The lowest BCUT2D eigenvalue weighted by Crippen LogP contribution is -2.49. The molecule has 0 radical (unpaired) electrons. The Bertz CT molecular complexity index is 618. The fourth-order valence-corrected chi connectivity index (χ4v) is 2.60. The third kappa shape index (κ3) is 3.78. The number of likely N-dealkylation sites (tertiary alicyclic amines) is 1. The molecule has 1 aromatic heterocycles. The summed E-state index contributed by atoms with van der Waals surface area (Å²) in [6.07, 6.45) is 1.67. The topological polar surface area (TPSA) is 71.2 Å². The molecule has 1 aromatic rings. The van der Waals surface area contributed by atoms with E-state index in [1.165, 1.54) is 11.0 Å². The molecule has 0 bridgehead atoms. The lowest BCUT2D eigenvalue weighted by atomic mass is 9.78. The largest absolute Gasteiger partial charge is 0.444 e. The van der Waals surface area contributed by atoms with Crippen LogP contribution < -0.4 is 0 Å². The molecule has 126 valence electrons. The monoisotopic (exact) mass is 326 g/mol. The van der Waals surface area contributed by atoms with E-state index < -0.39 is 23.7 Å². The van der Waals surface area contributed by atoms with Gasteiger partial charge in [-0.25, -0.2) is 9.48 Å². The van der Waals surface area contributed by atoms with Crippen LogP contribution in [0.25, 0.3) is 0 Å². The van der Waals surface area contributed by atoms with Crippen LogP contribution in [0.15, 0.2) is 12.3 Å². The second kappa shape index (κ2) is 6.14. The second-order valence-corrected chi connectivity index (χ2v) is 6.66. The van der Waals surface area contributed by atoms with Crippen molar-refractivity contribution < 1.29 is 18.3 Å². The second-order valence-electron chi connectivity index (χ2n) is 6.66. The van der Waals surface area contributed by atoms with Crippen molar-refractivity contribution >= 4 is 6.09 Å². The molecule has 23 heavy (non-hydrogen) atoms. The van der Waals surface area contributed by atoms with Gasteiger partial charge in [-0.2, -0.15) is 19.1 Å². The SMILES string of the molecule is CC(C)(C)OC(=O)N1CCCC(C#N)(c2ccn(C(F)F)n2)C1. The molecule has 2 rings (SSSR count). The summed E-state index contributed by atoms with van der Waals surface area (Å²) in [6.45, 7) is 3.07. The highest BCUT2D eigenvalue weighted by molar-refractivity contribution is 5.68. The van der Waals surface area contributed by atoms with Crippen molar-refractivity contribution in [1.82, 2.24) is 14.7 Å². The fraction of sp³-hybridized carbons (Fsp3) is 0.667. The number of piperidine rings is 1. The molecule has 0 aromatic carbocycles. The van der Waals surface area contributed by atoms with E-state index in [1.54, 1.807) is 20.8 Å². The molecule has 0 N–H and O–H groups in total. The van der Waals surface area contributed by atoms with Gasteiger partial charge < -0.3 is 9.64 Å². The predicted molar refractivity (Wildman–Crippen MR) is 77.8 cm³/mol. The number of nitrogens with zero attached hydrogens (tertiary/aromatic N) is 4. The smallest absolute Gasteiger partial charge is 0.410 e. The number of rotatable bonds is 2. The summed E-state index contributed by atoms with van der Waals surface area (Å²) in [5.74, 6) is 0.